The average Bonchev–Trinajstić information content (AvgIpc) is 2.39. The van der Waals surface area contributed by atoms with E-state index in [2.05, 4.69) is 27.0 Å². The number of nitrogens with zero attached hydrogens (tertiary/aromatic N) is 3. The summed E-state index contributed by atoms with van der Waals surface area (Å²) in [5.41, 5.74) is 0.462. The molecule has 0 aromatic carbocycles. The minimum atomic E-state index is -0.0473. The molecule has 0 spiro atoms. The molecule has 2 heterocycles. The summed E-state index contributed by atoms with van der Waals surface area (Å²) in [5.74, 6) is 0.0471. The van der Waals surface area contributed by atoms with Gasteiger partial charge in [-0.05, 0) is 40.9 Å². The van der Waals surface area contributed by atoms with Crippen molar-refractivity contribution in [1.29, 1.82) is 5.26 Å². The second-order valence-electron chi connectivity index (χ2n) is 4.06. The molecule has 1 aromatic heterocycles. The van der Waals surface area contributed by atoms with Crippen LogP contribution >= 0.6 is 15.9 Å². The van der Waals surface area contributed by atoms with Gasteiger partial charge in [0, 0.05) is 29.7 Å². The molecule has 17 heavy (non-hydrogen) atoms. The van der Waals surface area contributed by atoms with Crippen LogP contribution in [-0.4, -0.2) is 28.9 Å². The zero-order valence-corrected chi connectivity index (χ0v) is 10.9. The Bertz CT molecular complexity index is 444. The molecule has 0 bridgehead atoms. The minimum Gasteiger partial charge on any atom is -0.337 e. The van der Waals surface area contributed by atoms with E-state index >= 15 is 0 Å². The van der Waals surface area contributed by atoms with Gasteiger partial charge in [-0.25, -0.2) is 4.98 Å². The van der Waals surface area contributed by atoms with Crippen molar-refractivity contribution in [2.24, 2.45) is 5.92 Å². The predicted octanol–water partition coefficient (Wildman–Crippen LogP) is 2.22. The van der Waals surface area contributed by atoms with Crippen LogP contribution in [0.3, 0.4) is 0 Å². The van der Waals surface area contributed by atoms with E-state index in [4.69, 9.17) is 5.26 Å². The van der Waals surface area contributed by atoms with Gasteiger partial charge < -0.3 is 4.90 Å². The lowest BCUT2D eigenvalue weighted by molar-refractivity contribution is 0.0701. The Kier molecular flexibility index (Phi) is 3.75. The van der Waals surface area contributed by atoms with Crippen molar-refractivity contribution in [3.05, 3.63) is 28.5 Å². The van der Waals surface area contributed by atoms with Gasteiger partial charge in [0.15, 0.2) is 0 Å². The number of hydrogen-bond donors (Lipinski definition) is 0. The van der Waals surface area contributed by atoms with E-state index in [-0.39, 0.29) is 11.8 Å². The molecule has 4 nitrogen and oxygen atoms in total. The van der Waals surface area contributed by atoms with E-state index in [1.165, 1.54) is 0 Å². The van der Waals surface area contributed by atoms with E-state index in [1.54, 1.807) is 17.2 Å². The molecule has 1 amide bonds. The fraction of sp³-hybridized carbons (Fsp3) is 0.417. The molecule has 1 aromatic rings. The van der Waals surface area contributed by atoms with Crippen LogP contribution in [0.25, 0.3) is 0 Å². The summed E-state index contributed by atoms with van der Waals surface area (Å²) in [6.45, 7) is 1.30. The van der Waals surface area contributed by atoms with Crippen LogP contribution in [0.4, 0.5) is 0 Å². The molecule has 1 fully saturated rings. The largest absolute Gasteiger partial charge is 0.337 e. The van der Waals surface area contributed by atoms with Gasteiger partial charge in [-0.1, -0.05) is 0 Å². The molecular weight excluding hydrogens is 282 g/mol. The molecule has 1 aliphatic rings. The second-order valence-corrected chi connectivity index (χ2v) is 4.97. The highest BCUT2D eigenvalue weighted by atomic mass is 79.9. The first kappa shape index (κ1) is 12.1. The Morgan fingerprint density at radius 3 is 2.71 bits per heavy atom. The first-order valence-corrected chi connectivity index (χ1v) is 6.30. The van der Waals surface area contributed by atoms with Crippen molar-refractivity contribution in [1.82, 2.24) is 9.88 Å². The van der Waals surface area contributed by atoms with E-state index in [9.17, 15) is 4.79 Å². The van der Waals surface area contributed by atoms with Crippen molar-refractivity contribution in [2.45, 2.75) is 12.8 Å². The van der Waals surface area contributed by atoms with Gasteiger partial charge in [-0.3, -0.25) is 4.79 Å². The summed E-state index contributed by atoms with van der Waals surface area (Å²) in [5, 5.41) is 8.79. The van der Waals surface area contributed by atoms with Crippen molar-refractivity contribution >= 4 is 21.8 Å². The minimum absolute atomic E-state index is 0.0473. The SMILES string of the molecule is N#CC1CCN(C(=O)c2ccc(Br)cn2)CC1. The van der Waals surface area contributed by atoms with Crippen molar-refractivity contribution < 1.29 is 4.79 Å². The third-order valence-corrected chi connectivity index (χ3v) is 3.38. The summed E-state index contributed by atoms with van der Waals surface area (Å²) in [4.78, 5) is 17.9. The zero-order chi connectivity index (χ0) is 12.3. The molecule has 0 atom stereocenters. The van der Waals surface area contributed by atoms with Crippen LogP contribution in [0, 0.1) is 17.2 Å². The van der Waals surface area contributed by atoms with E-state index in [0.717, 1.165) is 17.3 Å². The number of hydrogen-bond acceptors (Lipinski definition) is 3. The van der Waals surface area contributed by atoms with Gasteiger partial charge in [-0.2, -0.15) is 5.26 Å². The molecule has 1 aliphatic heterocycles. The molecule has 0 unspecified atom stereocenters. The number of carbonyl (C=O) groups is 1. The number of likely N-dealkylation sites (tertiary alicyclic amines) is 1. The number of rotatable bonds is 1. The number of amides is 1. The topological polar surface area (TPSA) is 57.0 Å². The lowest BCUT2D eigenvalue weighted by Gasteiger charge is -2.28. The molecule has 0 N–H and O–H groups in total. The number of nitriles is 1. The molecule has 0 aliphatic carbocycles. The number of halogens is 1. The third-order valence-electron chi connectivity index (χ3n) is 2.91. The summed E-state index contributed by atoms with van der Waals surface area (Å²) >= 11 is 3.28. The van der Waals surface area contributed by atoms with E-state index in [1.807, 2.05) is 6.07 Å². The van der Waals surface area contributed by atoms with Crippen molar-refractivity contribution in [3.63, 3.8) is 0 Å². The Labute approximate surface area is 108 Å². The fourth-order valence-corrected chi connectivity index (χ4v) is 2.11. The molecule has 88 valence electrons. The normalized spacial score (nSPS) is 16.6. The van der Waals surface area contributed by atoms with Crippen molar-refractivity contribution in [2.75, 3.05) is 13.1 Å². The lowest BCUT2D eigenvalue weighted by Crippen LogP contribution is -2.38. The quantitative estimate of drug-likeness (QED) is 0.798. The first-order chi connectivity index (χ1) is 8.20. The van der Waals surface area contributed by atoms with Crippen LogP contribution in [0.5, 0.6) is 0 Å². The monoisotopic (exact) mass is 293 g/mol. The van der Waals surface area contributed by atoms with Gasteiger partial charge in [0.2, 0.25) is 0 Å². The highest BCUT2D eigenvalue weighted by Gasteiger charge is 2.23. The van der Waals surface area contributed by atoms with Crippen LogP contribution in [-0.2, 0) is 0 Å². The van der Waals surface area contributed by atoms with Crippen LogP contribution < -0.4 is 0 Å². The Morgan fingerprint density at radius 2 is 2.18 bits per heavy atom. The summed E-state index contributed by atoms with van der Waals surface area (Å²) in [6, 6.07) is 5.77. The summed E-state index contributed by atoms with van der Waals surface area (Å²) in [6.07, 6.45) is 3.15. The number of piperidine rings is 1. The molecule has 5 heteroatoms. The van der Waals surface area contributed by atoms with Gasteiger partial charge in [-0.15, -0.1) is 0 Å². The number of pyridine rings is 1. The molecule has 0 radical (unpaired) electrons. The Morgan fingerprint density at radius 1 is 1.47 bits per heavy atom. The molecule has 2 rings (SSSR count). The predicted molar refractivity (Wildman–Crippen MR) is 66.2 cm³/mol. The van der Waals surface area contributed by atoms with Crippen LogP contribution in [0.15, 0.2) is 22.8 Å². The smallest absolute Gasteiger partial charge is 0.272 e. The Balaban J connectivity index is 2.02. The van der Waals surface area contributed by atoms with Gasteiger partial charge in [0.05, 0.1) is 6.07 Å². The first-order valence-electron chi connectivity index (χ1n) is 5.51. The second kappa shape index (κ2) is 5.28. The standard InChI is InChI=1S/C12H12BrN3O/c13-10-1-2-11(15-8-10)12(17)16-5-3-9(7-14)4-6-16/h1-2,8-9H,3-6H2. The maximum absolute atomic E-state index is 12.1. The van der Waals surface area contributed by atoms with Gasteiger partial charge in [0.1, 0.15) is 5.69 Å². The number of carbonyl (C=O) groups excluding carboxylic acids is 1. The number of aromatic nitrogens is 1. The highest BCUT2D eigenvalue weighted by Crippen LogP contribution is 2.18. The highest BCUT2D eigenvalue weighted by molar-refractivity contribution is 9.10. The molecular formula is C12H12BrN3O. The average molecular weight is 294 g/mol. The third kappa shape index (κ3) is 2.83. The Hall–Kier alpha value is -1.41. The van der Waals surface area contributed by atoms with Crippen LogP contribution in [0.1, 0.15) is 23.3 Å². The van der Waals surface area contributed by atoms with Gasteiger partial charge >= 0.3 is 0 Å². The maximum Gasteiger partial charge on any atom is 0.272 e. The summed E-state index contributed by atoms with van der Waals surface area (Å²) in [7, 11) is 0. The van der Waals surface area contributed by atoms with Gasteiger partial charge in [0.25, 0.3) is 5.91 Å². The summed E-state index contributed by atoms with van der Waals surface area (Å²) < 4.78 is 0.859. The zero-order valence-electron chi connectivity index (χ0n) is 9.27. The maximum atomic E-state index is 12.1. The van der Waals surface area contributed by atoms with Crippen molar-refractivity contribution in [3.8, 4) is 6.07 Å². The fourth-order valence-electron chi connectivity index (χ4n) is 1.88. The lowest BCUT2D eigenvalue weighted by atomic mass is 9.98. The van der Waals surface area contributed by atoms with E-state index in [0.29, 0.717) is 18.8 Å². The van der Waals surface area contributed by atoms with E-state index < -0.39 is 0 Å². The van der Waals surface area contributed by atoms with Crippen LogP contribution in [0.2, 0.25) is 0 Å². The molecule has 1 saturated heterocycles. The molecule has 0 saturated carbocycles.